The van der Waals surface area contributed by atoms with E-state index in [0.717, 1.165) is 5.56 Å². The molecule has 6 nitrogen and oxygen atoms in total. The molecule has 0 bridgehead atoms. The van der Waals surface area contributed by atoms with E-state index >= 15 is 0 Å². The molecule has 0 unspecified atom stereocenters. The van der Waals surface area contributed by atoms with E-state index in [1.807, 2.05) is 0 Å². The highest BCUT2D eigenvalue weighted by Crippen LogP contribution is 2.16. The average Bonchev–Trinajstić information content (AvgIpc) is 2.54. The molecule has 0 N–H and O–H groups in total. The molecule has 0 aliphatic heterocycles. The Kier molecular flexibility index (Phi) is 4.85. The quantitative estimate of drug-likeness (QED) is 0.483. The number of hydrogen-bond donors (Lipinski definition) is 0. The topological polar surface area (TPSA) is 80.5 Å². The predicted molar refractivity (Wildman–Crippen MR) is 85.3 cm³/mol. The minimum atomic E-state index is -0.470. The van der Waals surface area contributed by atoms with Gasteiger partial charge in [0.05, 0.1) is 10.5 Å². The SMILES string of the molecule is CC(=O)c1ccccc1C(=O)N(C)Cc1ccc([N+](=O)[O-])cc1. The van der Waals surface area contributed by atoms with E-state index < -0.39 is 4.92 Å². The fraction of sp³-hybridized carbons (Fsp3) is 0.176. The average molecular weight is 312 g/mol. The third-order valence-electron chi connectivity index (χ3n) is 3.45. The van der Waals surface area contributed by atoms with Crippen molar-refractivity contribution in [3.8, 4) is 0 Å². The molecule has 0 atom stereocenters. The van der Waals surface area contributed by atoms with Gasteiger partial charge in [0, 0.05) is 31.3 Å². The molecule has 0 fully saturated rings. The van der Waals surface area contributed by atoms with Gasteiger partial charge >= 0.3 is 0 Å². The molecule has 0 aromatic heterocycles. The first-order valence-corrected chi connectivity index (χ1v) is 6.99. The van der Waals surface area contributed by atoms with E-state index in [0.29, 0.717) is 17.7 Å². The van der Waals surface area contributed by atoms with Crippen molar-refractivity contribution in [2.24, 2.45) is 0 Å². The molecule has 0 heterocycles. The number of carbonyl (C=O) groups is 2. The van der Waals surface area contributed by atoms with Crippen LogP contribution in [0, 0.1) is 10.1 Å². The molecule has 118 valence electrons. The summed E-state index contributed by atoms with van der Waals surface area (Å²) in [6.45, 7) is 1.71. The van der Waals surface area contributed by atoms with Gasteiger partial charge in [-0.1, -0.05) is 30.3 Å². The molecule has 2 aromatic rings. The lowest BCUT2D eigenvalue weighted by atomic mass is 10.0. The molecule has 2 aromatic carbocycles. The first kappa shape index (κ1) is 16.4. The standard InChI is InChI=1S/C17H16N2O4/c1-12(20)15-5-3-4-6-16(15)17(21)18(2)11-13-7-9-14(10-8-13)19(22)23/h3-10H,11H2,1-2H3. The molecule has 0 saturated heterocycles. The number of rotatable bonds is 5. The van der Waals surface area contributed by atoms with Crippen LogP contribution in [0.3, 0.4) is 0 Å². The molecule has 0 spiro atoms. The summed E-state index contributed by atoms with van der Waals surface area (Å²) in [7, 11) is 1.63. The van der Waals surface area contributed by atoms with Gasteiger partial charge in [0.25, 0.3) is 11.6 Å². The van der Waals surface area contributed by atoms with E-state index in [2.05, 4.69) is 0 Å². The van der Waals surface area contributed by atoms with Crippen LogP contribution >= 0.6 is 0 Å². The molecule has 0 radical (unpaired) electrons. The molecule has 6 heteroatoms. The van der Waals surface area contributed by atoms with Crippen LogP contribution in [0.4, 0.5) is 5.69 Å². The van der Waals surface area contributed by atoms with Gasteiger partial charge in [-0.15, -0.1) is 0 Å². The number of non-ortho nitro benzene ring substituents is 1. The highest BCUT2D eigenvalue weighted by Gasteiger charge is 2.18. The Hall–Kier alpha value is -3.02. The van der Waals surface area contributed by atoms with Crippen molar-refractivity contribution in [2.75, 3.05) is 7.05 Å². The molecule has 2 rings (SSSR count). The van der Waals surface area contributed by atoms with Gasteiger partial charge in [-0.2, -0.15) is 0 Å². The monoisotopic (exact) mass is 312 g/mol. The van der Waals surface area contributed by atoms with E-state index in [9.17, 15) is 19.7 Å². The Morgan fingerprint density at radius 2 is 1.61 bits per heavy atom. The third-order valence-corrected chi connectivity index (χ3v) is 3.45. The smallest absolute Gasteiger partial charge is 0.269 e. The van der Waals surface area contributed by atoms with Crippen molar-refractivity contribution in [1.82, 2.24) is 4.90 Å². The van der Waals surface area contributed by atoms with Crippen LogP contribution in [-0.2, 0) is 6.54 Å². The lowest BCUT2D eigenvalue weighted by Crippen LogP contribution is -2.27. The second-order valence-corrected chi connectivity index (χ2v) is 5.19. The Balaban J connectivity index is 2.17. The minimum absolute atomic E-state index is 0.00431. The lowest BCUT2D eigenvalue weighted by molar-refractivity contribution is -0.384. The van der Waals surface area contributed by atoms with Gasteiger partial charge in [0.2, 0.25) is 0 Å². The zero-order valence-electron chi connectivity index (χ0n) is 12.9. The Labute approximate surface area is 133 Å². The second-order valence-electron chi connectivity index (χ2n) is 5.19. The Morgan fingerprint density at radius 1 is 1.04 bits per heavy atom. The molecule has 0 aliphatic rings. The minimum Gasteiger partial charge on any atom is -0.337 e. The third kappa shape index (κ3) is 3.79. The van der Waals surface area contributed by atoms with E-state index in [1.54, 1.807) is 43.4 Å². The number of Topliss-reactive ketones (excluding diaryl/α,β-unsaturated/α-hetero) is 1. The zero-order chi connectivity index (χ0) is 17.0. The zero-order valence-corrected chi connectivity index (χ0v) is 12.9. The molecule has 23 heavy (non-hydrogen) atoms. The summed E-state index contributed by atoms with van der Waals surface area (Å²) in [6, 6.07) is 12.7. The maximum atomic E-state index is 12.5. The first-order valence-electron chi connectivity index (χ1n) is 6.99. The fourth-order valence-electron chi connectivity index (χ4n) is 2.25. The largest absolute Gasteiger partial charge is 0.337 e. The number of nitro benzene ring substituents is 1. The van der Waals surface area contributed by atoms with E-state index in [4.69, 9.17) is 0 Å². The maximum absolute atomic E-state index is 12.5. The molecular formula is C17H16N2O4. The van der Waals surface area contributed by atoms with Crippen molar-refractivity contribution >= 4 is 17.4 Å². The highest BCUT2D eigenvalue weighted by atomic mass is 16.6. The van der Waals surface area contributed by atoms with E-state index in [-0.39, 0.29) is 17.4 Å². The number of carbonyl (C=O) groups excluding carboxylic acids is 2. The number of benzene rings is 2. The van der Waals surface area contributed by atoms with Crippen molar-refractivity contribution in [3.63, 3.8) is 0 Å². The van der Waals surface area contributed by atoms with Crippen molar-refractivity contribution in [1.29, 1.82) is 0 Å². The summed E-state index contributed by atoms with van der Waals surface area (Å²) in [6.07, 6.45) is 0. The summed E-state index contributed by atoms with van der Waals surface area (Å²) in [5.74, 6) is -0.438. The highest BCUT2D eigenvalue weighted by molar-refractivity contribution is 6.07. The summed E-state index contributed by atoms with van der Waals surface area (Å²) in [5, 5.41) is 10.6. The number of amides is 1. The summed E-state index contributed by atoms with van der Waals surface area (Å²) >= 11 is 0. The normalized spacial score (nSPS) is 10.2. The molecule has 0 saturated carbocycles. The number of nitrogens with zero attached hydrogens (tertiary/aromatic N) is 2. The first-order chi connectivity index (χ1) is 10.9. The molecule has 0 aliphatic carbocycles. The van der Waals surface area contributed by atoms with Crippen LogP contribution in [0.5, 0.6) is 0 Å². The van der Waals surface area contributed by atoms with Gasteiger partial charge in [-0.25, -0.2) is 0 Å². The van der Waals surface area contributed by atoms with Crippen LogP contribution < -0.4 is 0 Å². The predicted octanol–water partition coefficient (Wildman–Crippen LogP) is 3.07. The van der Waals surface area contributed by atoms with Gasteiger partial charge in [0.1, 0.15) is 0 Å². The Bertz CT molecular complexity index is 753. The van der Waals surface area contributed by atoms with Crippen LogP contribution in [0.1, 0.15) is 33.2 Å². The van der Waals surface area contributed by atoms with Crippen LogP contribution in [0.25, 0.3) is 0 Å². The van der Waals surface area contributed by atoms with Crippen molar-refractivity contribution in [2.45, 2.75) is 13.5 Å². The summed E-state index contributed by atoms with van der Waals surface area (Å²) < 4.78 is 0. The number of ketones is 1. The Morgan fingerprint density at radius 3 is 2.13 bits per heavy atom. The number of hydrogen-bond acceptors (Lipinski definition) is 4. The van der Waals surface area contributed by atoms with Gasteiger partial charge in [0.15, 0.2) is 5.78 Å². The van der Waals surface area contributed by atoms with Crippen molar-refractivity contribution in [3.05, 3.63) is 75.3 Å². The maximum Gasteiger partial charge on any atom is 0.269 e. The van der Waals surface area contributed by atoms with Gasteiger partial charge in [-0.05, 0) is 18.6 Å². The lowest BCUT2D eigenvalue weighted by Gasteiger charge is -2.18. The van der Waals surface area contributed by atoms with E-state index in [1.165, 1.54) is 24.0 Å². The molecule has 1 amide bonds. The van der Waals surface area contributed by atoms with Gasteiger partial charge in [-0.3, -0.25) is 19.7 Å². The van der Waals surface area contributed by atoms with Gasteiger partial charge < -0.3 is 4.90 Å². The summed E-state index contributed by atoms with van der Waals surface area (Å²) in [5.41, 5.74) is 1.51. The van der Waals surface area contributed by atoms with Crippen LogP contribution in [-0.4, -0.2) is 28.6 Å². The second kappa shape index (κ2) is 6.83. The fourth-order valence-corrected chi connectivity index (χ4v) is 2.25. The van der Waals surface area contributed by atoms with Crippen molar-refractivity contribution < 1.29 is 14.5 Å². The number of nitro groups is 1. The molecular weight excluding hydrogens is 296 g/mol. The van der Waals surface area contributed by atoms with Crippen LogP contribution in [0.15, 0.2) is 48.5 Å². The van der Waals surface area contributed by atoms with Crippen LogP contribution in [0.2, 0.25) is 0 Å². The summed E-state index contributed by atoms with van der Waals surface area (Å²) in [4.78, 5) is 35.8.